The van der Waals surface area contributed by atoms with Crippen LogP contribution in [0.25, 0.3) is 11.0 Å². The van der Waals surface area contributed by atoms with E-state index in [1.807, 2.05) is 18.2 Å². The van der Waals surface area contributed by atoms with Crippen LogP contribution in [-0.4, -0.2) is 47.5 Å². The number of carbonyl (C=O) groups excluding carboxylic acids is 2. The lowest BCUT2D eigenvalue weighted by molar-refractivity contribution is -0.135. The molecule has 24 heavy (non-hydrogen) atoms. The van der Waals surface area contributed by atoms with E-state index in [0.717, 1.165) is 31.9 Å². The zero-order chi connectivity index (χ0) is 16.7. The van der Waals surface area contributed by atoms with Crippen molar-refractivity contribution in [2.75, 3.05) is 31.1 Å². The molecule has 2 aliphatic rings. The summed E-state index contributed by atoms with van der Waals surface area (Å²) in [6.45, 7) is 3.65. The van der Waals surface area contributed by atoms with Gasteiger partial charge in [0.25, 0.3) is 0 Å². The summed E-state index contributed by atoms with van der Waals surface area (Å²) >= 11 is 0. The van der Waals surface area contributed by atoms with E-state index in [0.29, 0.717) is 17.5 Å². The van der Waals surface area contributed by atoms with Crippen LogP contribution in [0.15, 0.2) is 23.0 Å². The number of amides is 2. The fourth-order valence-corrected chi connectivity index (χ4v) is 3.47. The fraction of sp³-hybridized carbons (Fsp3) is 0.438. The summed E-state index contributed by atoms with van der Waals surface area (Å²) in [6.07, 6.45) is 0.586. The number of aromatic amines is 1. The largest absolute Gasteiger partial charge is 0.369 e. The molecular weight excluding hydrogens is 310 g/mol. The zero-order valence-corrected chi connectivity index (χ0v) is 13.2. The van der Waals surface area contributed by atoms with E-state index in [9.17, 15) is 14.4 Å². The number of anilines is 1. The average molecular weight is 329 g/mol. The molecule has 0 bridgehead atoms. The van der Waals surface area contributed by atoms with Gasteiger partial charge in [-0.3, -0.25) is 19.5 Å². The molecule has 1 aromatic heterocycles. The Labute approximate surface area is 137 Å². The smallest absolute Gasteiger partial charge is 0.327 e. The molecule has 4 rings (SSSR count). The summed E-state index contributed by atoms with van der Waals surface area (Å²) in [4.78, 5) is 40.9. The molecule has 3 N–H and O–H groups in total. The summed E-state index contributed by atoms with van der Waals surface area (Å²) in [5.41, 5.74) is 2.11. The second-order valence-corrected chi connectivity index (χ2v) is 6.21. The Morgan fingerprint density at radius 1 is 1.08 bits per heavy atom. The van der Waals surface area contributed by atoms with Crippen molar-refractivity contribution in [1.29, 1.82) is 0 Å². The molecule has 1 atom stereocenters. The minimum atomic E-state index is -0.651. The van der Waals surface area contributed by atoms with Crippen LogP contribution in [-0.2, 0) is 9.59 Å². The van der Waals surface area contributed by atoms with E-state index in [4.69, 9.17) is 0 Å². The lowest BCUT2D eigenvalue weighted by Crippen LogP contribution is -2.44. The molecule has 0 aliphatic carbocycles. The second kappa shape index (κ2) is 5.79. The van der Waals surface area contributed by atoms with Gasteiger partial charge in [-0.25, -0.2) is 4.79 Å². The number of H-pyrrole nitrogens is 1. The third-order valence-corrected chi connectivity index (χ3v) is 4.71. The Kier molecular flexibility index (Phi) is 3.61. The molecule has 2 aromatic rings. The Hall–Kier alpha value is -2.61. The number of hydrogen-bond acceptors (Lipinski definition) is 5. The highest BCUT2D eigenvalue weighted by Crippen LogP contribution is 2.25. The number of benzene rings is 1. The van der Waals surface area contributed by atoms with Crippen LogP contribution in [0.1, 0.15) is 18.9 Å². The quantitative estimate of drug-likeness (QED) is 0.658. The van der Waals surface area contributed by atoms with E-state index >= 15 is 0 Å². The number of nitrogens with zero attached hydrogens (tertiary/aromatic N) is 2. The first-order valence-electron chi connectivity index (χ1n) is 8.17. The van der Waals surface area contributed by atoms with E-state index in [2.05, 4.69) is 20.5 Å². The Balaban J connectivity index is 1.77. The third-order valence-electron chi connectivity index (χ3n) is 4.71. The summed E-state index contributed by atoms with van der Waals surface area (Å²) < 4.78 is 1.48. The standard InChI is InChI=1S/C16H19N5O3/c22-14-4-3-12(15(23)19-14)21-13-9-10(20-7-5-17-6-8-20)1-2-11(13)18-16(21)24/h1-2,9,12,17H,3-8H2,(H,18,24)(H,19,22,23). The van der Waals surface area contributed by atoms with Gasteiger partial charge in [0.2, 0.25) is 11.8 Å². The van der Waals surface area contributed by atoms with Gasteiger partial charge in [-0.15, -0.1) is 0 Å². The topological polar surface area (TPSA) is 99.2 Å². The third kappa shape index (κ3) is 2.48. The highest BCUT2D eigenvalue weighted by molar-refractivity contribution is 6.00. The van der Waals surface area contributed by atoms with Gasteiger partial charge in [-0.2, -0.15) is 0 Å². The number of aromatic nitrogens is 2. The van der Waals surface area contributed by atoms with Crippen LogP contribution >= 0.6 is 0 Å². The molecule has 2 saturated heterocycles. The maximum Gasteiger partial charge on any atom is 0.327 e. The number of piperazine rings is 1. The van der Waals surface area contributed by atoms with E-state index in [1.54, 1.807) is 0 Å². The molecule has 0 radical (unpaired) electrons. The monoisotopic (exact) mass is 329 g/mol. The minimum absolute atomic E-state index is 0.243. The van der Waals surface area contributed by atoms with Crippen LogP contribution in [0.5, 0.6) is 0 Å². The molecule has 1 aromatic carbocycles. The molecule has 1 unspecified atom stereocenters. The van der Waals surface area contributed by atoms with Crippen LogP contribution in [0.3, 0.4) is 0 Å². The van der Waals surface area contributed by atoms with Crippen molar-refractivity contribution in [2.45, 2.75) is 18.9 Å². The molecule has 8 nitrogen and oxygen atoms in total. The second-order valence-electron chi connectivity index (χ2n) is 6.21. The normalized spacial score (nSPS) is 22.0. The molecule has 3 heterocycles. The van der Waals surface area contributed by atoms with Gasteiger partial charge in [0, 0.05) is 38.3 Å². The Bertz CT molecular complexity index is 862. The molecule has 8 heteroatoms. The lowest BCUT2D eigenvalue weighted by atomic mass is 10.1. The predicted molar refractivity (Wildman–Crippen MR) is 89.1 cm³/mol. The predicted octanol–water partition coefficient (Wildman–Crippen LogP) is -0.283. The molecule has 0 saturated carbocycles. The van der Waals surface area contributed by atoms with Gasteiger partial charge in [0.15, 0.2) is 0 Å². The first-order chi connectivity index (χ1) is 11.6. The maximum absolute atomic E-state index is 12.4. The Morgan fingerprint density at radius 2 is 1.88 bits per heavy atom. The number of carbonyl (C=O) groups is 2. The van der Waals surface area contributed by atoms with Gasteiger partial charge >= 0.3 is 5.69 Å². The van der Waals surface area contributed by atoms with Gasteiger partial charge in [-0.1, -0.05) is 0 Å². The van der Waals surface area contributed by atoms with Gasteiger partial charge in [0.05, 0.1) is 11.0 Å². The van der Waals surface area contributed by atoms with Crippen molar-refractivity contribution in [3.8, 4) is 0 Å². The SMILES string of the molecule is O=C1CCC(n2c(=O)[nH]c3ccc(N4CCNCC4)cc32)C(=O)N1. The zero-order valence-electron chi connectivity index (χ0n) is 13.2. The summed E-state index contributed by atoms with van der Waals surface area (Å²) in [7, 11) is 0. The van der Waals surface area contributed by atoms with Crippen molar-refractivity contribution in [2.24, 2.45) is 0 Å². The minimum Gasteiger partial charge on any atom is -0.369 e. The molecular formula is C16H19N5O3. The van der Waals surface area contributed by atoms with Gasteiger partial charge in [0.1, 0.15) is 6.04 Å². The number of rotatable bonds is 2. The van der Waals surface area contributed by atoms with Crippen molar-refractivity contribution < 1.29 is 9.59 Å². The number of hydrogen-bond donors (Lipinski definition) is 3. The molecule has 2 amide bonds. The van der Waals surface area contributed by atoms with Crippen LogP contribution in [0.2, 0.25) is 0 Å². The first kappa shape index (κ1) is 14.9. The fourth-order valence-electron chi connectivity index (χ4n) is 3.47. The van der Waals surface area contributed by atoms with Gasteiger partial charge in [-0.05, 0) is 24.6 Å². The van der Waals surface area contributed by atoms with E-state index < -0.39 is 11.9 Å². The van der Waals surface area contributed by atoms with E-state index in [1.165, 1.54) is 4.57 Å². The summed E-state index contributed by atoms with van der Waals surface area (Å²) in [6, 6.07) is 5.15. The Morgan fingerprint density at radius 3 is 2.62 bits per heavy atom. The highest BCUT2D eigenvalue weighted by Gasteiger charge is 2.30. The number of imidazole rings is 1. The number of fused-ring (bicyclic) bond motifs is 1. The van der Waals surface area contributed by atoms with Crippen molar-refractivity contribution >= 4 is 28.5 Å². The van der Waals surface area contributed by atoms with Crippen LogP contribution < -0.4 is 21.2 Å². The first-order valence-corrected chi connectivity index (χ1v) is 8.17. The molecule has 2 fully saturated rings. The summed E-state index contributed by atoms with van der Waals surface area (Å²) in [5.74, 6) is -0.701. The summed E-state index contributed by atoms with van der Waals surface area (Å²) in [5, 5.41) is 5.63. The van der Waals surface area contributed by atoms with Crippen LogP contribution in [0, 0.1) is 0 Å². The molecule has 2 aliphatic heterocycles. The highest BCUT2D eigenvalue weighted by atomic mass is 16.2. The van der Waals surface area contributed by atoms with Gasteiger partial charge < -0.3 is 15.2 Å². The number of imide groups is 1. The number of nitrogens with one attached hydrogen (secondary N) is 3. The van der Waals surface area contributed by atoms with Crippen molar-refractivity contribution in [3.05, 3.63) is 28.7 Å². The van der Waals surface area contributed by atoms with Crippen LogP contribution in [0.4, 0.5) is 5.69 Å². The van der Waals surface area contributed by atoms with Crippen molar-refractivity contribution in [1.82, 2.24) is 20.2 Å². The van der Waals surface area contributed by atoms with E-state index in [-0.39, 0.29) is 18.0 Å². The average Bonchev–Trinajstić information content (AvgIpc) is 2.91. The maximum atomic E-state index is 12.4. The molecule has 126 valence electrons. The lowest BCUT2D eigenvalue weighted by Gasteiger charge is -2.29. The molecule has 0 spiro atoms. The number of piperidine rings is 1. The van der Waals surface area contributed by atoms with Crippen molar-refractivity contribution in [3.63, 3.8) is 0 Å².